The molecule has 0 aromatic heterocycles. The summed E-state index contributed by atoms with van der Waals surface area (Å²) in [7, 11) is -1.66. The minimum Gasteiger partial charge on any atom is -0.495 e. The van der Waals surface area contributed by atoms with Crippen molar-refractivity contribution in [2.24, 2.45) is 10.7 Å². The van der Waals surface area contributed by atoms with Crippen LogP contribution < -0.4 is 15.8 Å². The molecule has 1 aliphatic rings. The second-order valence-corrected chi connectivity index (χ2v) is 7.71. The number of benzene rings is 1. The van der Waals surface area contributed by atoms with Crippen molar-refractivity contribution in [1.82, 2.24) is 4.31 Å². The monoisotopic (exact) mass is 488 g/mol. The van der Waals surface area contributed by atoms with E-state index in [2.05, 4.69) is 10.3 Å². The summed E-state index contributed by atoms with van der Waals surface area (Å²) in [6.07, 6.45) is 2.85. The van der Waals surface area contributed by atoms with Gasteiger partial charge in [0.1, 0.15) is 5.75 Å². The Hall–Kier alpha value is -0.780. The van der Waals surface area contributed by atoms with Gasteiger partial charge in [0.25, 0.3) is 0 Å². The summed E-state index contributed by atoms with van der Waals surface area (Å²) in [5.74, 6) is 0.786. The average molecular weight is 489 g/mol. The van der Waals surface area contributed by atoms with Crippen molar-refractivity contribution in [2.75, 3.05) is 31.8 Å². The van der Waals surface area contributed by atoms with Crippen LogP contribution in [0.3, 0.4) is 0 Å². The summed E-state index contributed by atoms with van der Waals surface area (Å²) in [5.41, 5.74) is 6.54. The Morgan fingerprint density at radius 1 is 1.54 bits per heavy atom. The lowest BCUT2D eigenvalue weighted by atomic mass is 10.2. The Kier molecular flexibility index (Phi) is 8.03. The molecule has 1 aromatic rings. The van der Waals surface area contributed by atoms with E-state index in [0.717, 1.165) is 12.8 Å². The summed E-state index contributed by atoms with van der Waals surface area (Å²) >= 11 is 6.04. The van der Waals surface area contributed by atoms with Crippen molar-refractivity contribution < 1.29 is 13.2 Å². The predicted molar refractivity (Wildman–Crippen MR) is 108 cm³/mol. The number of halogens is 2. The van der Waals surface area contributed by atoms with E-state index in [-0.39, 0.29) is 36.0 Å². The minimum atomic E-state index is -3.20. The molecule has 1 aliphatic heterocycles. The van der Waals surface area contributed by atoms with E-state index in [9.17, 15) is 8.42 Å². The Bertz CT molecular complexity index is 699. The van der Waals surface area contributed by atoms with Gasteiger partial charge in [-0.15, -0.1) is 24.0 Å². The van der Waals surface area contributed by atoms with E-state index in [1.807, 2.05) is 0 Å². The maximum Gasteiger partial charge on any atom is 0.211 e. The van der Waals surface area contributed by atoms with Crippen LogP contribution >= 0.6 is 35.6 Å². The van der Waals surface area contributed by atoms with Crippen molar-refractivity contribution in [3.05, 3.63) is 23.2 Å². The first-order valence-electron chi connectivity index (χ1n) is 7.18. The Labute approximate surface area is 164 Å². The van der Waals surface area contributed by atoms with Gasteiger partial charge in [0.05, 0.1) is 24.9 Å². The Morgan fingerprint density at radius 2 is 2.25 bits per heavy atom. The zero-order valence-corrected chi connectivity index (χ0v) is 17.4. The highest BCUT2D eigenvalue weighted by molar-refractivity contribution is 14.0. The largest absolute Gasteiger partial charge is 0.495 e. The topological polar surface area (TPSA) is 97.0 Å². The van der Waals surface area contributed by atoms with Gasteiger partial charge in [-0.05, 0) is 31.0 Å². The van der Waals surface area contributed by atoms with Crippen LogP contribution in [0, 0.1) is 0 Å². The normalized spacial score (nSPS) is 19.0. The fourth-order valence-corrected chi connectivity index (χ4v) is 4.00. The zero-order chi connectivity index (χ0) is 17.0. The molecular formula is C14H22ClIN4O3S. The second kappa shape index (κ2) is 9.07. The van der Waals surface area contributed by atoms with Gasteiger partial charge in [-0.3, -0.25) is 4.99 Å². The van der Waals surface area contributed by atoms with Gasteiger partial charge in [0, 0.05) is 18.3 Å². The van der Waals surface area contributed by atoms with Crippen LogP contribution in [0.1, 0.15) is 12.8 Å². The molecule has 2 rings (SSSR count). The zero-order valence-electron chi connectivity index (χ0n) is 13.5. The molecular weight excluding hydrogens is 467 g/mol. The molecule has 0 saturated carbocycles. The quantitative estimate of drug-likeness (QED) is 0.376. The number of sulfonamides is 1. The molecule has 1 saturated heterocycles. The van der Waals surface area contributed by atoms with E-state index in [4.69, 9.17) is 22.1 Å². The lowest BCUT2D eigenvalue weighted by Gasteiger charge is -2.20. The molecule has 1 aromatic carbocycles. The van der Waals surface area contributed by atoms with Crippen LogP contribution in [0.4, 0.5) is 5.69 Å². The maximum atomic E-state index is 11.7. The third kappa shape index (κ3) is 5.64. The number of ether oxygens (including phenoxy) is 1. The minimum absolute atomic E-state index is 0. The first kappa shape index (κ1) is 21.3. The molecule has 0 amide bonds. The number of aliphatic imine (C=N–C) groups is 1. The summed E-state index contributed by atoms with van der Waals surface area (Å²) in [4.78, 5) is 4.24. The second-order valence-electron chi connectivity index (χ2n) is 5.37. The van der Waals surface area contributed by atoms with E-state index in [1.54, 1.807) is 25.3 Å². The van der Waals surface area contributed by atoms with Gasteiger partial charge in [0.2, 0.25) is 10.0 Å². The molecule has 1 fully saturated rings. The lowest BCUT2D eigenvalue weighted by molar-refractivity contribution is 0.397. The van der Waals surface area contributed by atoms with Crippen LogP contribution in [0.2, 0.25) is 5.02 Å². The third-order valence-electron chi connectivity index (χ3n) is 3.65. The number of rotatable bonds is 5. The number of nitrogens with one attached hydrogen (secondary N) is 1. The van der Waals surface area contributed by atoms with Gasteiger partial charge >= 0.3 is 0 Å². The van der Waals surface area contributed by atoms with Crippen LogP contribution in [-0.2, 0) is 10.0 Å². The summed E-state index contributed by atoms with van der Waals surface area (Å²) < 4.78 is 29.9. The smallest absolute Gasteiger partial charge is 0.211 e. The maximum absolute atomic E-state index is 11.7. The molecule has 0 radical (unpaired) electrons. The van der Waals surface area contributed by atoms with Crippen LogP contribution in [-0.4, -0.2) is 51.2 Å². The van der Waals surface area contributed by atoms with Crippen molar-refractivity contribution in [3.8, 4) is 5.75 Å². The third-order valence-corrected chi connectivity index (χ3v) is 5.27. The van der Waals surface area contributed by atoms with E-state index < -0.39 is 10.0 Å². The standard InChI is InChI=1S/C14H21ClN4O3S.HI/c1-22-13-6-5-10(8-12(13)15)18-14(16)17-9-11-4-3-7-19(11)23(2,20)21;/h5-6,8,11H,3-4,7,9H2,1-2H3,(H3,16,17,18);1H/t11-;/m1./s1. The Balaban J connectivity index is 0.00000288. The van der Waals surface area contributed by atoms with Gasteiger partial charge in [-0.1, -0.05) is 11.6 Å². The van der Waals surface area contributed by atoms with Gasteiger partial charge in [-0.2, -0.15) is 4.31 Å². The molecule has 0 unspecified atom stereocenters. The van der Waals surface area contributed by atoms with E-state index in [1.165, 1.54) is 10.6 Å². The van der Waals surface area contributed by atoms with Crippen molar-refractivity contribution >= 4 is 57.2 Å². The number of methoxy groups -OCH3 is 1. The van der Waals surface area contributed by atoms with Gasteiger partial charge in [0.15, 0.2) is 5.96 Å². The molecule has 7 nitrogen and oxygen atoms in total. The summed E-state index contributed by atoms with van der Waals surface area (Å²) in [5, 5.41) is 3.39. The lowest BCUT2D eigenvalue weighted by Crippen LogP contribution is -2.37. The number of nitrogens with zero attached hydrogens (tertiary/aromatic N) is 2. The highest BCUT2D eigenvalue weighted by Crippen LogP contribution is 2.27. The molecule has 3 N–H and O–H groups in total. The predicted octanol–water partition coefficient (Wildman–Crippen LogP) is 2.12. The molecule has 136 valence electrons. The highest BCUT2D eigenvalue weighted by atomic mass is 127. The number of anilines is 1. The fourth-order valence-electron chi connectivity index (χ4n) is 2.56. The fraction of sp³-hybridized carbons (Fsp3) is 0.500. The van der Waals surface area contributed by atoms with Gasteiger partial charge in [-0.25, -0.2) is 8.42 Å². The summed E-state index contributed by atoms with van der Waals surface area (Å²) in [6, 6.07) is 5.04. The Morgan fingerprint density at radius 3 is 2.83 bits per heavy atom. The first-order valence-corrected chi connectivity index (χ1v) is 9.41. The number of hydrogen-bond donors (Lipinski definition) is 2. The van der Waals surface area contributed by atoms with Crippen molar-refractivity contribution in [1.29, 1.82) is 0 Å². The molecule has 0 spiro atoms. The average Bonchev–Trinajstić information content (AvgIpc) is 2.94. The first-order chi connectivity index (χ1) is 10.8. The van der Waals surface area contributed by atoms with Crippen LogP contribution in [0.5, 0.6) is 5.75 Å². The molecule has 1 heterocycles. The molecule has 0 bridgehead atoms. The van der Waals surface area contributed by atoms with Crippen molar-refractivity contribution in [3.63, 3.8) is 0 Å². The molecule has 24 heavy (non-hydrogen) atoms. The molecule has 0 aliphatic carbocycles. The SMILES string of the molecule is COc1ccc(NC(N)=NC[C@H]2CCCN2S(C)(=O)=O)cc1Cl.I. The number of nitrogens with two attached hydrogens (primary N) is 1. The van der Waals surface area contributed by atoms with Crippen LogP contribution in [0.25, 0.3) is 0 Å². The van der Waals surface area contributed by atoms with E-state index in [0.29, 0.717) is 29.5 Å². The number of guanidine groups is 1. The summed E-state index contributed by atoms with van der Waals surface area (Å²) in [6.45, 7) is 0.871. The molecule has 10 heteroatoms. The van der Waals surface area contributed by atoms with Crippen molar-refractivity contribution in [2.45, 2.75) is 18.9 Å². The van der Waals surface area contributed by atoms with E-state index >= 15 is 0 Å². The number of hydrogen-bond acceptors (Lipinski definition) is 4. The van der Waals surface area contributed by atoms with Crippen LogP contribution in [0.15, 0.2) is 23.2 Å². The highest BCUT2D eigenvalue weighted by Gasteiger charge is 2.30. The van der Waals surface area contributed by atoms with Gasteiger partial charge < -0.3 is 15.8 Å². The molecule has 1 atom stereocenters.